The van der Waals surface area contributed by atoms with E-state index >= 15 is 0 Å². The van der Waals surface area contributed by atoms with Gasteiger partial charge in [-0.15, -0.1) is 0 Å². The van der Waals surface area contributed by atoms with Crippen molar-refractivity contribution >= 4 is 73.8 Å². The molecule has 1 aliphatic heterocycles. The molecular weight excluding hydrogens is 546 g/mol. The lowest BCUT2D eigenvalue weighted by Crippen LogP contribution is -2.29. The summed E-state index contributed by atoms with van der Waals surface area (Å²) in [7, 11) is 0. The standard InChI is InChI=1S/C24H23BrClNO4S2/c1-2-12-30-22(28)4-3-11-27-23(29)21(33-24(27)32)14-17-13-18(25)7-10-20(17)31-15-16-5-8-19(26)9-6-16/h5-10,13-14H,2-4,11-12,15H2,1H3/b21-14+. The Labute approximate surface area is 216 Å². The fourth-order valence-corrected chi connectivity index (χ4v) is 4.81. The number of esters is 1. The van der Waals surface area contributed by atoms with Gasteiger partial charge in [0.2, 0.25) is 0 Å². The molecule has 9 heteroatoms. The van der Waals surface area contributed by atoms with Crippen LogP contribution in [0.1, 0.15) is 37.3 Å². The fourth-order valence-electron chi connectivity index (χ4n) is 3.01. The largest absolute Gasteiger partial charge is 0.488 e. The number of thioether (sulfide) groups is 1. The van der Waals surface area contributed by atoms with E-state index in [1.165, 1.54) is 16.7 Å². The maximum Gasteiger partial charge on any atom is 0.305 e. The number of amides is 1. The van der Waals surface area contributed by atoms with Crippen molar-refractivity contribution in [2.75, 3.05) is 13.2 Å². The predicted octanol–water partition coefficient (Wildman–Crippen LogP) is 6.62. The smallest absolute Gasteiger partial charge is 0.305 e. The third-order valence-corrected chi connectivity index (χ3v) is 6.79. The Hall–Kier alpha value is -1.87. The van der Waals surface area contributed by atoms with Gasteiger partial charge in [-0.2, -0.15) is 0 Å². The molecule has 0 N–H and O–H groups in total. The second kappa shape index (κ2) is 12.6. The molecule has 2 aromatic carbocycles. The fraction of sp³-hybridized carbons (Fsp3) is 0.292. The van der Waals surface area contributed by atoms with Crippen molar-refractivity contribution in [3.05, 3.63) is 68.0 Å². The molecule has 1 aliphatic rings. The highest BCUT2D eigenvalue weighted by molar-refractivity contribution is 9.10. The molecule has 0 radical (unpaired) electrons. The first kappa shape index (κ1) is 25.7. The van der Waals surface area contributed by atoms with Gasteiger partial charge < -0.3 is 9.47 Å². The van der Waals surface area contributed by atoms with Gasteiger partial charge >= 0.3 is 5.97 Å². The molecule has 0 unspecified atom stereocenters. The Bertz CT molecular complexity index is 1060. The van der Waals surface area contributed by atoms with Crippen LogP contribution in [0.25, 0.3) is 6.08 Å². The van der Waals surface area contributed by atoms with E-state index in [1.54, 1.807) is 6.08 Å². The number of hydrogen-bond acceptors (Lipinski definition) is 6. The van der Waals surface area contributed by atoms with Crippen molar-refractivity contribution in [1.29, 1.82) is 0 Å². The molecule has 0 atom stereocenters. The highest BCUT2D eigenvalue weighted by Gasteiger charge is 2.32. The monoisotopic (exact) mass is 567 g/mol. The van der Waals surface area contributed by atoms with E-state index in [4.69, 9.17) is 33.3 Å². The molecule has 2 aromatic rings. The molecule has 174 valence electrons. The summed E-state index contributed by atoms with van der Waals surface area (Å²) in [6, 6.07) is 13.1. The van der Waals surface area contributed by atoms with Crippen molar-refractivity contribution in [2.24, 2.45) is 0 Å². The minimum absolute atomic E-state index is 0.171. The van der Waals surface area contributed by atoms with Crippen LogP contribution < -0.4 is 4.74 Å². The van der Waals surface area contributed by atoms with Crippen molar-refractivity contribution in [2.45, 2.75) is 32.8 Å². The number of thiocarbonyl (C=S) groups is 1. The van der Waals surface area contributed by atoms with Crippen LogP contribution in [-0.4, -0.2) is 34.2 Å². The van der Waals surface area contributed by atoms with Crippen LogP contribution in [0, 0.1) is 0 Å². The van der Waals surface area contributed by atoms with Crippen LogP contribution in [0.4, 0.5) is 0 Å². The summed E-state index contributed by atoms with van der Waals surface area (Å²) in [6.07, 6.45) is 3.32. The van der Waals surface area contributed by atoms with Gasteiger partial charge in [0.1, 0.15) is 16.7 Å². The summed E-state index contributed by atoms with van der Waals surface area (Å²) in [5.74, 6) is 0.224. The van der Waals surface area contributed by atoms with Gasteiger partial charge in [0.15, 0.2) is 0 Å². The van der Waals surface area contributed by atoms with Crippen LogP contribution in [0.15, 0.2) is 51.8 Å². The maximum atomic E-state index is 12.9. The Morgan fingerprint density at radius 2 is 2.00 bits per heavy atom. The molecule has 1 saturated heterocycles. The number of hydrogen-bond donors (Lipinski definition) is 0. The van der Waals surface area contributed by atoms with Crippen molar-refractivity contribution in [3.8, 4) is 5.75 Å². The van der Waals surface area contributed by atoms with E-state index in [2.05, 4.69) is 15.9 Å². The number of benzene rings is 2. The number of nitrogens with zero attached hydrogens (tertiary/aromatic N) is 1. The summed E-state index contributed by atoms with van der Waals surface area (Å²) in [4.78, 5) is 26.7. The molecule has 0 spiro atoms. The first-order chi connectivity index (χ1) is 15.9. The molecule has 0 saturated carbocycles. The third kappa shape index (κ3) is 7.57. The highest BCUT2D eigenvalue weighted by atomic mass is 79.9. The van der Waals surface area contributed by atoms with E-state index in [0.717, 1.165) is 22.0 Å². The molecule has 5 nitrogen and oxygen atoms in total. The molecule has 1 heterocycles. The van der Waals surface area contributed by atoms with E-state index in [1.807, 2.05) is 49.4 Å². The van der Waals surface area contributed by atoms with Gasteiger partial charge in [0.05, 0.1) is 11.5 Å². The zero-order chi connectivity index (χ0) is 23.8. The van der Waals surface area contributed by atoms with Crippen LogP contribution >= 0.6 is 51.5 Å². The highest BCUT2D eigenvalue weighted by Crippen LogP contribution is 2.35. The minimum Gasteiger partial charge on any atom is -0.488 e. The van der Waals surface area contributed by atoms with E-state index in [-0.39, 0.29) is 18.3 Å². The van der Waals surface area contributed by atoms with E-state index in [0.29, 0.717) is 46.2 Å². The molecular formula is C24H23BrClNO4S2. The lowest BCUT2D eigenvalue weighted by atomic mass is 10.1. The molecule has 0 aliphatic carbocycles. The number of rotatable bonds is 10. The second-order valence-electron chi connectivity index (χ2n) is 7.25. The summed E-state index contributed by atoms with van der Waals surface area (Å²) in [5.41, 5.74) is 1.75. The molecule has 3 rings (SSSR count). The summed E-state index contributed by atoms with van der Waals surface area (Å²) in [6.45, 7) is 3.10. The normalized spacial score (nSPS) is 14.8. The van der Waals surface area contributed by atoms with Gasteiger partial charge in [-0.3, -0.25) is 14.5 Å². The van der Waals surface area contributed by atoms with E-state index in [9.17, 15) is 9.59 Å². The predicted molar refractivity (Wildman–Crippen MR) is 140 cm³/mol. The van der Waals surface area contributed by atoms with Crippen LogP contribution in [-0.2, 0) is 20.9 Å². The second-order valence-corrected chi connectivity index (χ2v) is 10.3. The number of carbonyl (C=O) groups excluding carboxylic acids is 2. The average Bonchev–Trinajstić information content (AvgIpc) is 3.05. The summed E-state index contributed by atoms with van der Waals surface area (Å²) in [5, 5.41) is 0.669. The number of ether oxygens (including phenoxy) is 2. The Morgan fingerprint density at radius 3 is 2.73 bits per heavy atom. The lowest BCUT2D eigenvalue weighted by Gasteiger charge is -2.14. The van der Waals surface area contributed by atoms with Crippen LogP contribution in [0.3, 0.4) is 0 Å². The van der Waals surface area contributed by atoms with Crippen molar-refractivity contribution < 1.29 is 19.1 Å². The van der Waals surface area contributed by atoms with Crippen LogP contribution in [0.2, 0.25) is 5.02 Å². The molecule has 0 aromatic heterocycles. The number of carbonyl (C=O) groups is 2. The van der Waals surface area contributed by atoms with Gasteiger partial charge in [-0.05, 0) is 54.8 Å². The average molecular weight is 569 g/mol. The number of halogens is 2. The maximum absolute atomic E-state index is 12.9. The topological polar surface area (TPSA) is 55.8 Å². The molecule has 1 amide bonds. The first-order valence-electron chi connectivity index (χ1n) is 10.4. The van der Waals surface area contributed by atoms with Gasteiger partial charge in [-0.1, -0.05) is 70.6 Å². The summed E-state index contributed by atoms with van der Waals surface area (Å²) < 4.78 is 12.4. The first-order valence-corrected chi connectivity index (χ1v) is 12.8. The molecule has 0 bridgehead atoms. The zero-order valence-electron chi connectivity index (χ0n) is 18.0. The molecule has 1 fully saturated rings. The quantitative estimate of drug-likeness (QED) is 0.182. The SMILES string of the molecule is CCCOC(=O)CCCN1C(=O)/C(=C\c2cc(Br)ccc2OCc2ccc(Cl)cc2)SC1=S. The summed E-state index contributed by atoms with van der Waals surface area (Å²) >= 11 is 16.1. The molecule has 33 heavy (non-hydrogen) atoms. The minimum atomic E-state index is -0.255. The Kier molecular flexibility index (Phi) is 9.79. The zero-order valence-corrected chi connectivity index (χ0v) is 22.0. The van der Waals surface area contributed by atoms with E-state index < -0.39 is 0 Å². The Morgan fingerprint density at radius 1 is 1.24 bits per heavy atom. The van der Waals surface area contributed by atoms with Gasteiger partial charge in [0, 0.05) is 28.0 Å². The van der Waals surface area contributed by atoms with Crippen LogP contribution in [0.5, 0.6) is 5.75 Å². The third-order valence-electron chi connectivity index (χ3n) is 4.67. The van der Waals surface area contributed by atoms with Crippen molar-refractivity contribution in [1.82, 2.24) is 4.90 Å². The van der Waals surface area contributed by atoms with Crippen molar-refractivity contribution in [3.63, 3.8) is 0 Å². The lowest BCUT2D eigenvalue weighted by molar-refractivity contribution is -0.144. The van der Waals surface area contributed by atoms with Gasteiger partial charge in [-0.25, -0.2) is 0 Å². The Balaban J connectivity index is 1.67. The van der Waals surface area contributed by atoms with Gasteiger partial charge in [0.25, 0.3) is 5.91 Å².